The number of nitrogens with zero attached hydrogens (tertiary/aromatic N) is 2. The highest BCUT2D eigenvalue weighted by Crippen LogP contribution is 2.19. The van der Waals surface area contributed by atoms with Gasteiger partial charge < -0.3 is 9.42 Å². The van der Waals surface area contributed by atoms with E-state index in [1.54, 1.807) is 6.21 Å². The molecule has 0 spiro atoms. The van der Waals surface area contributed by atoms with Gasteiger partial charge in [0.15, 0.2) is 0 Å². The molecular weight excluding hydrogens is 254 g/mol. The first kappa shape index (κ1) is 14.3. The molecule has 5 heteroatoms. The van der Waals surface area contributed by atoms with E-state index in [-0.39, 0.29) is 0 Å². The van der Waals surface area contributed by atoms with Crippen molar-refractivity contribution in [1.29, 1.82) is 0 Å². The first-order valence-electron chi connectivity index (χ1n) is 6.51. The van der Waals surface area contributed by atoms with Crippen LogP contribution in [-0.2, 0) is 0 Å². The second kappa shape index (κ2) is 6.34. The van der Waals surface area contributed by atoms with Gasteiger partial charge in [-0.15, -0.1) is 0 Å². The minimum atomic E-state index is -0.394. The molecule has 0 fully saturated rings. The van der Waals surface area contributed by atoms with Crippen LogP contribution in [0.2, 0.25) is 0 Å². The molecule has 0 aliphatic heterocycles. The number of hydrogen-bond donors (Lipinski definition) is 1. The van der Waals surface area contributed by atoms with Crippen LogP contribution < -0.4 is 5.63 Å². The predicted octanol–water partition coefficient (Wildman–Crippen LogP) is 1.92. The Morgan fingerprint density at radius 1 is 1.30 bits per heavy atom. The monoisotopic (exact) mass is 273 g/mol. The molecule has 5 nitrogen and oxygen atoms in total. The maximum atomic E-state index is 11.7. The van der Waals surface area contributed by atoms with Crippen LogP contribution in [0.1, 0.15) is 11.1 Å². The highest BCUT2D eigenvalue weighted by atomic mass is 16.5. The number of aromatic nitrogens is 1. The van der Waals surface area contributed by atoms with Crippen molar-refractivity contribution in [2.24, 2.45) is 4.99 Å². The molecule has 1 N–H and O–H groups in total. The minimum absolute atomic E-state index is 0.394. The van der Waals surface area contributed by atoms with Crippen molar-refractivity contribution in [3.05, 3.63) is 45.8 Å². The normalized spacial score (nSPS) is 11.6. The number of nitrogens with one attached hydrogen (secondary N) is 1. The van der Waals surface area contributed by atoms with Crippen molar-refractivity contribution in [2.75, 3.05) is 27.2 Å². The highest BCUT2D eigenvalue weighted by molar-refractivity contribution is 5.88. The molecule has 0 bridgehead atoms. The lowest BCUT2D eigenvalue weighted by atomic mass is 10.1. The van der Waals surface area contributed by atoms with Crippen molar-refractivity contribution in [3.8, 4) is 11.3 Å². The number of rotatable bonds is 5. The molecule has 2 aromatic rings. The van der Waals surface area contributed by atoms with Crippen LogP contribution in [0.4, 0.5) is 0 Å². The van der Waals surface area contributed by atoms with Crippen molar-refractivity contribution in [1.82, 2.24) is 10.1 Å². The van der Waals surface area contributed by atoms with Gasteiger partial charge in [0.25, 0.3) is 0 Å². The maximum absolute atomic E-state index is 11.7. The van der Waals surface area contributed by atoms with E-state index in [0.717, 1.165) is 12.1 Å². The van der Waals surface area contributed by atoms with E-state index in [1.807, 2.05) is 50.2 Å². The van der Waals surface area contributed by atoms with Crippen molar-refractivity contribution < 1.29 is 4.52 Å². The van der Waals surface area contributed by atoms with Gasteiger partial charge in [-0.3, -0.25) is 4.99 Å². The molecule has 106 valence electrons. The third kappa shape index (κ3) is 3.45. The molecule has 0 aliphatic carbocycles. The summed E-state index contributed by atoms with van der Waals surface area (Å²) in [6.45, 7) is 3.50. The van der Waals surface area contributed by atoms with Crippen molar-refractivity contribution in [2.45, 2.75) is 6.92 Å². The molecule has 0 aliphatic rings. The van der Waals surface area contributed by atoms with E-state index in [2.05, 4.69) is 10.1 Å². The van der Waals surface area contributed by atoms with E-state index >= 15 is 0 Å². The number of likely N-dealkylation sites (N-methyl/N-ethyl adjacent to an activating group) is 1. The van der Waals surface area contributed by atoms with Crippen LogP contribution in [0.3, 0.4) is 0 Å². The number of hydrogen-bond acceptors (Lipinski definition) is 4. The van der Waals surface area contributed by atoms with Gasteiger partial charge in [0, 0.05) is 18.3 Å². The number of H-pyrrole nitrogens is 1. The lowest BCUT2D eigenvalue weighted by molar-refractivity contribution is 0.393. The average molecular weight is 273 g/mol. The summed E-state index contributed by atoms with van der Waals surface area (Å²) >= 11 is 0. The van der Waals surface area contributed by atoms with Crippen molar-refractivity contribution in [3.63, 3.8) is 0 Å². The molecule has 0 atom stereocenters. The first-order chi connectivity index (χ1) is 9.58. The summed E-state index contributed by atoms with van der Waals surface area (Å²) in [5.74, 6) is 0. The number of aryl methyl sites for hydroxylation is 1. The summed E-state index contributed by atoms with van der Waals surface area (Å²) in [4.78, 5) is 18.0. The van der Waals surface area contributed by atoms with E-state index < -0.39 is 5.63 Å². The molecule has 0 saturated carbocycles. The number of benzene rings is 1. The Labute approximate surface area is 117 Å². The fourth-order valence-corrected chi connectivity index (χ4v) is 1.77. The Morgan fingerprint density at radius 3 is 2.65 bits per heavy atom. The smallest absolute Gasteiger partial charge is 0.338 e. The Morgan fingerprint density at radius 2 is 2.00 bits per heavy atom. The van der Waals surface area contributed by atoms with Crippen LogP contribution in [0.25, 0.3) is 11.3 Å². The van der Waals surface area contributed by atoms with Gasteiger partial charge in [-0.25, -0.2) is 9.95 Å². The van der Waals surface area contributed by atoms with E-state index in [1.165, 1.54) is 5.56 Å². The predicted molar refractivity (Wildman–Crippen MR) is 80.5 cm³/mol. The van der Waals surface area contributed by atoms with Gasteiger partial charge in [-0.1, -0.05) is 29.8 Å². The Hall–Kier alpha value is -2.14. The van der Waals surface area contributed by atoms with Gasteiger partial charge in [0.05, 0.1) is 12.2 Å². The van der Waals surface area contributed by atoms with Gasteiger partial charge in [-0.05, 0) is 21.0 Å². The molecule has 0 amide bonds. The zero-order valence-electron chi connectivity index (χ0n) is 12.0. The third-order valence-corrected chi connectivity index (χ3v) is 2.97. The molecule has 0 saturated heterocycles. The lowest BCUT2D eigenvalue weighted by Crippen LogP contribution is -2.15. The molecule has 20 heavy (non-hydrogen) atoms. The van der Waals surface area contributed by atoms with Crippen LogP contribution in [0.5, 0.6) is 0 Å². The largest absolute Gasteiger partial charge is 0.366 e. The summed E-state index contributed by atoms with van der Waals surface area (Å²) < 4.78 is 4.88. The van der Waals surface area contributed by atoms with Crippen LogP contribution in [-0.4, -0.2) is 43.5 Å². The van der Waals surface area contributed by atoms with E-state index in [9.17, 15) is 4.79 Å². The summed E-state index contributed by atoms with van der Waals surface area (Å²) in [7, 11) is 3.97. The maximum Gasteiger partial charge on any atom is 0.366 e. The summed E-state index contributed by atoms with van der Waals surface area (Å²) in [5, 5.41) is 2.67. The Balaban J connectivity index is 2.23. The van der Waals surface area contributed by atoms with Crippen molar-refractivity contribution >= 4 is 6.21 Å². The lowest BCUT2D eigenvalue weighted by Gasteiger charge is -2.05. The molecule has 2 rings (SSSR count). The molecule has 1 heterocycles. The zero-order chi connectivity index (χ0) is 14.5. The molecule has 0 radical (unpaired) electrons. The van der Waals surface area contributed by atoms with Crippen LogP contribution >= 0.6 is 0 Å². The second-order valence-corrected chi connectivity index (χ2v) is 4.98. The summed E-state index contributed by atoms with van der Waals surface area (Å²) in [6, 6.07) is 7.89. The third-order valence-electron chi connectivity index (χ3n) is 2.97. The Bertz CT molecular complexity index is 636. The Kier molecular flexibility index (Phi) is 4.53. The average Bonchev–Trinajstić information content (AvgIpc) is 2.77. The van der Waals surface area contributed by atoms with Gasteiger partial charge in [0.2, 0.25) is 0 Å². The fraction of sp³-hybridized carbons (Fsp3) is 0.333. The SMILES string of the molecule is Cc1ccc(-c2[nH]oc(=O)c2C=NCCN(C)C)cc1. The topological polar surface area (TPSA) is 61.6 Å². The fourth-order valence-electron chi connectivity index (χ4n) is 1.77. The molecule has 0 unspecified atom stereocenters. The van der Waals surface area contributed by atoms with E-state index in [0.29, 0.717) is 17.8 Å². The standard InChI is InChI=1S/C15H19N3O2/c1-11-4-6-12(7-5-11)14-13(15(19)20-17-14)10-16-8-9-18(2)3/h4-7,10,17H,8-9H2,1-3H3. The van der Waals surface area contributed by atoms with Gasteiger partial charge >= 0.3 is 5.63 Å². The van der Waals surface area contributed by atoms with Gasteiger partial charge in [-0.2, -0.15) is 0 Å². The second-order valence-electron chi connectivity index (χ2n) is 4.98. The van der Waals surface area contributed by atoms with E-state index in [4.69, 9.17) is 4.52 Å². The summed E-state index contributed by atoms with van der Waals surface area (Å²) in [6.07, 6.45) is 1.58. The first-order valence-corrected chi connectivity index (χ1v) is 6.51. The number of aliphatic imine (C=N–C) groups is 1. The van der Waals surface area contributed by atoms with Crippen LogP contribution in [0, 0.1) is 6.92 Å². The zero-order valence-corrected chi connectivity index (χ0v) is 12.0. The highest BCUT2D eigenvalue weighted by Gasteiger charge is 2.11. The molecule has 1 aromatic heterocycles. The number of aromatic amines is 1. The minimum Gasteiger partial charge on any atom is -0.338 e. The molecule has 1 aromatic carbocycles. The van der Waals surface area contributed by atoms with Crippen LogP contribution in [0.15, 0.2) is 38.6 Å². The summed E-state index contributed by atoms with van der Waals surface area (Å²) in [5.41, 5.74) is 2.82. The van der Waals surface area contributed by atoms with Gasteiger partial charge in [0.1, 0.15) is 5.56 Å². The quantitative estimate of drug-likeness (QED) is 0.847. The molecular formula is C15H19N3O2.